The lowest BCUT2D eigenvalue weighted by Crippen LogP contribution is -2.47. The molecule has 1 atom stereocenters. The molecule has 1 aliphatic carbocycles. The number of nitrogens with zero attached hydrogens (tertiary/aromatic N) is 5. The molecule has 2 aliphatic heterocycles. The zero-order chi connectivity index (χ0) is 17.5. The number of hydrogen-bond donors (Lipinski definition) is 0. The average molecular weight is 372 g/mol. The Labute approximate surface area is 157 Å². The van der Waals surface area contributed by atoms with Gasteiger partial charge in [-0.25, -0.2) is 9.50 Å². The Kier molecular flexibility index (Phi) is 4.27. The molecule has 1 saturated carbocycles. The molecule has 1 unspecified atom stereocenters. The van der Waals surface area contributed by atoms with Crippen LogP contribution in [0.25, 0.3) is 5.52 Å². The molecule has 2 saturated heterocycles. The second-order valence-corrected chi connectivity index (χ2v) is 8.87. The summed E-state index contributed by atoms with van der Waals surface area (Å²) in [5.41, 5.74) is 2.27. The van der Waals surface area contributed by atoms with Crippen molar-refractivity contribution in [2.45, 2.75) is 31.6 Å². The van der Waals surface area contributed by atoms with Gasteiger partial charge in [0.25, 0.3) is 0 Å². The third-order valence-electron chi connectivity index (χ3n) is 5.78. The number of piperidine rings is 1. The Balaban J connectivity index is 1.38. The van der Waals surface area contributed by atoms with E-state index in [1.807, 2.05) is 28.7 Å². The van der Waals surface area contributed by atoms with Crippen LogP contribution >= 0.6 is 11.8 Å². The molecular weight excluding hydrogens is 346 g/mol. The van der Waals surface area contributed by atoms with Crippen molar-refractivity contribution < 1.29 is 4.79 Å². The second kappa shape index (κ2) is 6.76. The van der Waals surface area contributed by atoms with Crippen molar-refractivity contribution in [2.24, 2.45) is 5.92 Å². The molecule has 2 aromatic rings. The lowest BCUT2D eigenvalue weighted by atomic mass is 9.96. The fraction of sp³-hybridized carbons (Fsp3) is 0.632. The second-order valence-electron chi connectivity index (χ2n) is 7.65. The third kappa shape index (κ3) is 3.06. The summed E-state index contributed by atoms with van der Waals surface area (Å²) in [7, 11) is 0. The van der Waals surface area contributed by atoms with Crippen molar-refractivity contribution in [1.29, 1.82) is 0 Å². The van der Waals surface area contributed by atoms with Crippen LogP contribution < -0.4 is 4.90 Å². The number of fused-ring (bicyclic) bond motifs is 1. The summed E-state index contributed by atoms with van der Waals surface area (Å²) in [4.78, 5) is 22.0. The molecule has 0 radical (unpaired) electrons. The van der Waals surface area contributed by atoms with Crippen molar-refractivity contribution >= 4 is 29.0 Å². The van der Waals surface area contributed by atoms with Gasteiger partial charge in [0.05, 0.1) is 11.6 Å². The Bertz CT molecular complexity index is 811. The number of carbonyl (C=O) groups is 1. The van der Waals surface area contributed by atoms with E-state index >= 15 is 0 Å². The Morgan fingerprint density at radius 2 is 2.00 bits per heavy atom. The fourth-order valence-electron chi connectivity index (χ4n) is 4.16. The minimum atomic E-state index is 0.0970. The highest BCUT2D eigenvalue weighted by Gasteiger charge is 2.32. The van der Waals surface area contributed by atoms with Crippen LogP contribution in [0, 0.1) is 5.92 Å². The van der Waals surface area contributed by atoms with Crippen LogP contribution in [0.15, 0.2) is 18.5 Å². The maximum Gasteiger partial charge on any atom is 0.227 e. The van der Waals surface area contributed by atoms with Gasteiger partial charge in [0.1, 0.15) is 5.52 Å². The van der Waals surface area contributed by atoms with Gasteiger partial charge in [-0.3, -0.25) is 4.79 Å². The van der Waals surface area contributed by atoms with Gasteiger partial charge in [0.2, 0.25) is 5.91 Å². The van der Waals surface area contributed by atoms with Crippen LogP contribution in [0.3, 0.4) is 0 Å². The van der Waals surface area contributed by atoms with Crippen molar-refractivity contribution in [3.8, 4) is 0 Å². The van der Waals surface area contributed by atoms with Gasteiger partial charge in [-0.15, -0.1) is 0 Å². The molecule has 3 aliphatic rings. The predicted octanol–water partition coefficient (Wildman–Crippen LogP) is 2.40. The molecule has 0 spiro atoms. The molecule has 3 fully saturated rings. The minimum absolute atomic E-state index is 0.0970. The van der Waals surface area contributed by atoms with Gasteiger partial charge in [-0.1, -0.05) is 0 Å². The van der Waals surface area contributed by atoms with E-state index in [4.69, 9.17) is 5.10 Å². The third-order valence-corrected chi connectivity index (χ3v) is 6.72. The van der Waals surface area contributed by atoms with E-state index in [0.29, 0.717) is 11.8 Å². The average Bonchev–Trinajstić information content (AvgIpc) is 3.46. The van der Waals surface area contributed by atoms with Crippen LogP contribution in [0.5, 0.6) is 0 Å². The maximum atomic E-state index is 12.9. The molecule has 6 nitrogen and oxygen atoms in total. The molecule has 0 bridgehead atoms. The van der Waals surface area contributed by atoms with Crippen LogP contribution in [0.1, 0.15) is 37.3 Å². The largest absolute Gasteiger partial charge is 0.354 e. The highest BCUT2D eigenvalue weighted by molar-refractivity contribution is 7.99. The maximum absolute atomic E-state index is 12.9. The predicted molar refractivity (Wildman–Crippen MR) is 104 cm³/mol. The van der Waals surface area contributed by atoms with Gasteiger partial charge in [0, 0.05) is 56.0 Å². The molecule has 5 rings (SSSR count). The summed E-state index contributed by atoms with van der Waals surface area (Å²) in [6.45, 7) is 3.55. The summed E-state index contributed by atoms with van der Waals surface area (Å²) in [5.74, 6) is 4.20. The van der Waals surface area contributed by atoms with E-state index < -0.39 is 0 Å². The molecule has 138 valence electrons. The zero-order valence-corrected chi connectivity index (χ0v) is 15.8. The summed E-state index contributed by atoms with van der Waals surface area (Å²) >= 11 is 1.95. The lowest BCUT2D eigenvalue weighted by Gasteiger charge is -2.36. The van der Waals surface area contributed by atoms with Crippen molar-refractivity contribution in [3.05, 3.63) is 24.2 Å². The van der Waals surface area contributed by atoms with E-state index in [2.05, 4.69) is 20.9 Å². The lowest BCUT2D eigenvalue weighted by molar-refractivity contribution is -0.135. The molecule has 2 aromatic heterocycles. The molecule has 26 heavy (non-hydrogen) atoms. The van der Waals surface area contributed by atoms with E-state index in [-0.39, 0.29) is 5.92 Å². The van der Waals surface area contributed by atoms with Crippen LogP contribution in [0.2, 0.25) is 0 Å². The standard InChI is InChI=1S/C19H25N5OS/c25-19(22-8-10-26-11-9-22)15-2-1-6-23(13-15)18-17-12-16(14-3-4-14)21-24(17)7-5-20-18/h5,7,12,14-15H,1-4,6,8-11,13H2. The summed E-state index contributed by atoms with van der Waals surface area (Å²) in [5, 5.41) is 4.73. The summed E-state index contributed by atoms with van der Waals surface area (Å²) < 4.78 is 1.96. The number of anilines is 1. The monoisotopic (exact) mass is 371 g/mol. The van der Waals surface area contributed by atoms with E-state index in [0.717, 1.165) is 61.9 Å². The quantitative estimate of drug-likeness (QED) is 0.829. The molecular formula is C19H25N5OS. The normalized spacial score (nSPS) is 24.2. The van der Waals surface area contributed by atoms with Gasteiger partial charge < -0.3 is 9.80 Å². The van der Waals surface area contributed by atoms with Crippen molar-refractivity contribution in [1.82, 2.24) is 19.5 Å². The Morgan fingerprint density at radius 1 is 1.15 bits per heavy atom. The van der Waals surface area contributed by atoms with Gasteiger partial charge in [0.15, 0.2) is 5.82 Å². The summed E-state index contributed by atoms with van der Waals surface area (Å²) in [6.07, 6.45) is 8.31. The first-order valence-electron chi connectivity index (χ1n) is 9.75. The van der Waals surface area contributed by atoms with Gasteiger partial charge >= 0.3 is 0 Å². The Morgan fingerprint density at radius 3 is 2.81 bits per heavy atom. The van der Waals surface area contributed by atoms with E-state index in [9.17, 15) is 4.79 Å². The van der Waals surface area contributed by atoms with Crippen molar-refractivity contribution in [3.63, 3.8) is 0 Å². The molecule has 1 amide bonds. The number of thioether (sulfide) groups is 1. The number of carbonyl (C=O) groups excluding carboxylic acids is 1. The number of aromatic nitrogens is 3. The smallest absolute Gasteiger partial charge is 0.227 e. The molecule has 0 aromatic carbocycles. The zero-order valence-electron chi connectivity index (χ0n) is 15.0. The first-order chi connectivity index (χ1) is 12.8. The van der Waals surface area contributed by atoms with Gasteiger partial charge in [-0.2, -0.15) is 16.9 Å². The van der Waals surface area contributed by atoms with Crippen LogP contribution in [-0.2, 0) is 4.79 Å². The van der Waals surface area contributed by atoms with Gasteiger partial charge in [-0.05, 0) is 31.7 Å². The number of rotatable bonds is 3. The molecule has 4 heterocycles. The first-order valence-corrected chi connectivity index (χ1v) is 10.9. The van der Waals surface area contributed by atoms with Crippen LogP contribution in [0.4, 0.5) is 5.82 Å². The highest BCUT2D eigenvalue weighted by atomic mass is 32.2. The van der Waals surface area contributed by atoms with E-state index in [1.165, 1.54) is 18.5 Å². The number of amides is 1. The van der Waals surface area contributed by atoms with Crippen LogP contribution in [-0.4, -0.2) is 63.1 Å². The molecule has 0 N–H and O–H groups in total. The summed E-state index contributed by atoms with van der Waals surface area (Å²) in [6, 6.07) is 2.20. The number of hydrogen-bond acceptors (Lipinski definition) is 5. The first kappa shape index (κ1) is 16.4. The molecule has 7 heteroatoms. The fourth-order valence-corrected chi connectivity index (χ4v) is 5.07. The Hall–Kier alpha value is -1.76. The topological polar surface area (TPSA) is 53.7 Å². The van der Waals surface area contributed by atoms with Crippen molar-refractivity contribution in [2.75, 3.05) is 42.6 Å². The SMILES string of the molecule is O=C(C1CCCN(c2nccn3nc(C4CC4)cc23)C1)N1CCSCC1. The highest BCUT2D eigenvalue weighted by Crippen LogP contribution is 2.40. The minimum Gasteiger partial charge on any atom is -0.354 e. The van der Waals surface area contributed by atoms with E-state index in [1.54, 1.807) is 0 Å².